The van der Waals surface area contributed by atoms with Gasteiger partial charge in [-0.2, -0.15) is 0 Å². The van der Waals surface area contributed by atoms with Gasteiger partial charge < -0.3 is 10.1 Å². The highest BCUT2D eigenvalue weighted by Gasteiger charge is 2.02. The summed E-state index contributed by atoms with van der Waals surface area (Å²) >= 11 is 5.21. The first kappa shape index (κ1) is 12.0. The van der Waals surface area contributed by atoms with Crippen LogP contribution in [-0.2, 0) is 14.3 Å². The smallest absolute Gasteiger partial charge is 0.333 e. The maximum absolute atomic E-state index is 10.8. The SMILES string of the molecule is C=C(C)C(=O)OCCNC(=O)CCl. The summed E-state index contributed by atoms with van der Waals surface area (Å²) < 4.78 is 4.70. The second kappa shape index (κ2) is 6.48. The van der Waals surface area contributed by atoms with Crippen LogP contribution in [0, 0.1) is 0 Å². The third-order valence-corrected chi connectivity index (χ3v) is 1.37. The van der Waals surface area contributed by atoms with E-state index >= 15 is 0 Å². The van der Waals surface area contributed by atoms with Crippen LogP contribution in [0.15, 0.2) is 12.2 Å². The summed E-state index contributed by atoms with van der Waals surface area (Å²) in [4.78, 5) is 21.4. The van der Waals surface area contributed by atoms with Crippen LogP contribution < -0.4 is 5.32 Å². The fraction of sp³-hybridized carbons (Fsp3) is 0.500. The van der Waals surface area contributed by atoms with Gasteiger partial charge in [-0.25, -0.2) is 4.79 Å². The molecule has 4 nitrogen and oxygen atoms in total. The summed E-state index contributed by atoms with van der Waals surface area (Å²) in [7, 11) is 0. The van der Waals surface area contributed by atoms with E-state index in [4.69, 9.17) is 16.3 Å². The van der Waals surface area contributed by atoms with Crippen LogP contribution in [0.25, 0.3) is 0 Å². The number of hydrogen-bond donors (Lipinski definition) is 1. The Morgan fingerprint density at radius 2 is 2.15 bits per heavy atom. The van der Waals surface area contributed by atoms with Crippen LogP contribution in [0.2, 0.25) is 0 Å². The zero-order valence-corrected chi connectivity index (χ0v) is 8.19. The van der Waals surface area contributed by atoms with Crippen molar-refractivity contribution in [3.05, 3.63) is 12.2 Å². The van der Waals surface area contributed by atoms with Crippen molar-refractivity contribution in [1.82, 2.24) is 5.32 Å². The molecular weight excluding hydrogens is 194 g/mol. The first-order valence-electron chi connectivity index (χ1n) is 3.73. The van der Waals surface area contributed by atoms with Gasteiger partial charge in [-0.15, -0.1) is 11.6 Å². The van der Waals surface area contributed by atoms with Crippen LogP contribution in [-0.4, -0.2) is 30.9 Å². The highest BCUT2D eigenvalue weighted by Crippen LogP contribution is 1.90. The predicted octanol–water partition coefficient (Wildman–Crippen LogP) is 0.461. The molecule has 1 amide bonds. The van der Waals surface area contributed by atoms with Crippen LogP contribution >= 0.6 is 11.6 Å². The van der Waals surface area contributed by atoms with Gasteiger partial charge in [-0.05, 0) is 6.92 Å². The lowest BCUT2D eigenvalue weighted by molar-refractivity contribution is -0.139. The van der Waals surface area contributed by atoms with Crippen molar-refractivity contribution in [1.29, 1.82) is 0 Å². The molecule has 0 saturated heterocycles. The van der Waals surface area contributed by atoms with Crippen LogP contribution in [0.4, 0.5) is 0 Å². The number of alkyl halides is 1. The fourth-order valence-corrected chi connectivity index (χ4v) is 0.599. The summed E-state index contributed by atoms with van der Waals surface area (Å²) in [5.41, 5.74) is 0.337. The minimum absolute atomic E-state index is 0.0889. The van der Waals surface area contributed by atoms with E-state index in [1.54, 1.807) is 6.92 Å². The van der Waals surface area contributed by atoms with Gasteiger partial charge in [-0.3, -0.25) is 4.79 Å². The van der Waals surface area contributed by atoms with Crippen LogP contribution in [0.3, 0.4) is 0 Å². The van der Waals surface area contributed by atoms with Gasteiger partial charge in [0.2, 0.25) is 5.91 Å². The van der Waals surface area contributed by atoms with Crippen molar-refractivity contribution in [3.63, 3.8) is 0 Å². The lowest BCUT2D eigenvalue weighted by Crippen LogP contribution is -2.28. The van der Waals surface area contributed by atoms with E-state index in [-0.39, 0.29) is 24.9 Å². The van der Waals surface area contributed by atoms with Gasteiger partial charge in [0.1, 0.15) is 12.5 Å². The number of ether oxygens (including phenoxy) is 1. The number of carbonyl (C=O) groups is 2. The zero-order valence-electron chi connectivity index (χ0n) is 7.43. The van der Waals surface area contributed by atoms with E-state index in [9.17, 15) is 9.59 Å². The number of halogens is 1. The topological polar surface area (TPSA) is 55.4 Å². The number of amides is 1. The molecule has 0 aromatic heterocycles. The molecule has 0 radical (unpaired) electrons. The molecule has 0 aromatic carbocycles. The first-order valence-corrected chi connectivity index (χ1v) is 4.26. The van der Waals surface area contributed by atoms with Gasteiger partial charge in [-0.1, -0.05) is 6.58 Å². The summed E-state index contributed by atoms with van der Waals surface area (Å²) in [6, 6.07) is 0. The minimum Gasteiger partial charge on any atom is -0.460 e. The molecule has 5 heteroatoms. The van der Waals surface area contributed by atoms with E-state index in [1.165, 1.54) is 0 Å². The van der Waals surface area contributed by atoms with Gasteiger partial charge >= 0.3 is 5.97 Å². The molecule has 74 valence electrons. The van der Waals surface area contributed by atoms with Crippen LogP contribution in [0.1, 0.15) is 6.92 Å². The summed E-state index contributed by atoms with van der Waals surface area (Å²) in [6.07, 6.45) is 0. The molecule has 13 heavy (non-hydrogen) atoms. The lowest BCUT2D eigenvalue weighted by Gasteiger charge is -2.04. The van der Waals surface area contributed by atoms with Crippen LogP contribution in [0.5, 0.6) is 0 Å². The highest BCUT2D eigenvalue weighted by molar-refractivity contribution is 6.27. The molecule has 0 aliphatic heterocycles. The zero-order chi connectivity index (χ0) is 10.3. The molecular formula is C8H12ClNO3. The monoisotopic (exact) mass is 205 g/mol. The fourth-order valence-electron chi connectivity index (χ4n) is 0.505. The number of rotatable bonds is 5. The Morgan fingerprint density at radius 1 is 1.54 bits per heavy atom. The molecule has 0 bridgehead atoms. The number of nitrogens with one attached hydrogen (secondary N) is 1. The van der Waals surface area contributed by atoms with Crippen molar-refractivity contribution >= 4 is 23.5 Å². The molecule has 0 atom stereocenters. The molecule has 0 heterocycles. The van der Waals surface area contributed by atoms with Gasteiger partial charge in [0.05, 0.1) is 6.54 Å². The van der Waals surface area contributed by atoms with E-state index in [1.807, 2.05) is 0 Å². The number of hydrogen-bond acceptors (Lipinski definition) is 3. The minimum atomic E-state index is -0.458. The normalized spacial score (nSPS) is 9.08. The molecule has 0 fully saturated rings. The average molecular weight is 206 g/mol. The van der Waals surface area contributed by atoms with E-state index < -0.39 is 5.97 Å². The van der Waals surface area contributed by atoms with E-state index in [0.717, 1.165) is 0 Å². The summed E-state index contributed by atoms with van der Waals surface area (Å²) in [5, 5.41) is 2.45. The molecule has 0 saturated carbocycles. The highest BCUT2D eigenvalue weighted by atomic mass is 35.5. The molecule has 0 rings (SSSR count). The second-order valence-electron chi connectivity index (χ2n) is 2.40. The third kappa shape index (κ3) is 6.16. The quantitative estimate of drug-likeness (QED) is 0.307. The lowest BCUT2D eigenvalue weighted by atomic mass is 10.4. The maximum Gasteiger partial charge on any atom is 0.333 e. The Bertz CT molecular complexity index is 215. The van der Waals surface area contributed by atoms with Gasteiger partial charge in [0.15, 0.2) is 0 Å². The number of esters is 1. The van der Waals surface area contributed by atoms with Crippen molar-refractivity contribution in [3.8, 4) is 0 Å². The molecule has 0 spiro atoms. The molecule has 0 aromatic rings. The van der Waals surface area contributed by atoms with Crippen molar-refractivity contribution < 1.29 is 14.3 Å². The third-order valence-electron chi connectivity index (χ3n) is 1.13. The second-order valence-corrected chi connectivity index (χ2v) is 2.67. The predicted molar refractivity (Wildman–Crippen MR) is 49.5 cm³/mol. The number of carbonyl (C=O) groups excluding carboxylic acids is 2. The maximum atomic E-state index is 10.8. The van der Waals surface area contributed by atoms with Crippen molar-refractivity contribution in [2.24, 2.45) is 0 Å². The standard InChI is InChI=1S/C8H12ClNO3/c1-6(2)8(12)13-4-3-10-7(11)5-9/h1,3-5H2,2H3,(H,10,11). The molecule has 0 aliphatic carbocycles. The van der Waals surface area contributed by atoms with Gasteiger partial charge in [0.25, 0.3) is 0 Å². The van der Waals surface area contributed by atoms with Gasteiger partial charge in [0, 0.05) is 5.57 Å². The molecule has 0 aliphatic rings. The Labute approximate surface area is 81.9 Å². The van der Waals surface area contributed by atoms with E-state index in [0.29, 0.717) is 5.57 Å². The average Bonchev–Trinajstić information content (AvgIpc) is 2.11. The first-order chi connectivity index (χ1) is 6.07. The van der Waals surface area contributed by atoms with Crippen molar-refractivity contribution in [2.45, 2.75) is 6.92 Å². The molecule has 1 N–H and O–H groups in total. The Morgan fingerprint density at radius 3 is 2.62 bits per heavy atom. The largest absolute Gasteiger partial charge is 0.460 e. The summed E-state index contributed by atoms with van der Waals surface area (Å²) in [6.45, 7) is 5.36. The van der Waals surface area contributed by atoms with E-state index in [2.05, 4.69) is 11.9 Å². The summed E-state index contributed by atoms with van der Waals surface area (Å²) in [5.74, 6) is -0.831. The Balaban J connectivity index is 3.41. The Kier molecular flexibility index (Phi) is 5.97. The Hall–Kier alpha value is -1.03. The van der Waals surface area contributed by atoms with Crippen molar-refractivity contribution in [2.75, 3.05) is 19.0 Å². The molecule has 0 unspecified atom stereocenters.